The van der Waals surface area contributed by atoms with Crippen molar-refractivity contribution in [3.05, 3.63) is 48.0 Å². The van der Waals surface area contributed by atoms with Gasteiger partial charge in [-0.25, -0.2) is 0 Å². The van der Waals surface area contributed by atoms with E-state index in [1.54, 1.807) is 0 Å². The van der Waals surface area contributed by atoms with E-state index in [2.05, 4.69) is 17.4 Å². The molecule has 3 aliphatic carbocycles. The number of benzene rings is 1. The number of carbonyl (C=O) groups excluding carboxylic acids is 1. The fourth-order valence-electron chi connectivity index (χ4n) is 3.95. The van der Waals surface area contributed by atoms with Crippen LogP contribution in [0.4, 0.5) is 0 Å². The fourth-order valence-corrected chi connectivity index (χ4v) is 3.95. The van der Waals surface area contributed by atoms with Crippen LogP contribution >= 0.6 is 0 Å². The highest BCUT2D eigenvalue weighted by atomic mass is 16.4. The van der Waals surface area contributed by atoms with Crippen LogP contribution in [0.15, 0.2) is 42.5 Å². The maximum absolute atomic E-state index is 12.5. The van der Waals surface area contributed by atoms with Crippen molar-refractivity contribution in [1.82, 2.24) is 5.32 Å². The Morgan fingerprint density at radius 1 is 1.04 bits per heavy atom. The number of hydrogen-bond acceptors (Lipinski definition) is 2. The fraction of sp³-hybridized carbons (Fsp3) is 0.474. The number of fused-ring (bicyclic) bond motifs is 2. The van der Waals surface area contributed by atoms with Gasteiger partial charge in [0.05, 0.1) is 11.8 Å². The molecule has 0 spiro atoms. The van der Waals surface area contributed by atoms with Gasteiger partial charge in [-0.2, -0.15) is 0 Å². The molecule has 4 heteroatoms. The SMILES string of the molecule is O=C(NCCCc1ccccc1)[C@@H]1[C@@H](C(=O)O)[C@H]2C=C[C@@H]1CC2. The number of carbonyl (C=O) groups is 2. The minimum Gasteiger partial charge on any atom is -0.481 e. The molecule has 1 aromatic rings. The minimum atomic E-state index is -0.839. The first-order chi connectivity index (χ1) is 11.2. The lowest BCUT2D eigenvalue weighted by Crippen LogP contribution is -2.49. The molecule has 0 unspecified atom stereocenters. The molecule has 3 aliphatic rings. The maximum Gasteiger partial charge on any atom is 0.307 e. The van der Waals surface area contributed by atoms with Crippen molar-refractivity contribution < 1.29 is 14.7 Å². The van der Waals surface area contributed by atoms with Gasteiger partial charge in [-0.1, -0.05) is 42.5 Å². The van der Waals surface area contributed by atoms with E-state index in [1.807, 2.05) is 30.4 Å². The summed E-state index contributed by atoms with van der Waals surface area (Å²) in [6, 6.07) is 10.2. The summed E-state index contributed by atoms with van der Waals surface area (Å²) in [6.45, 7) is 0.595. The number of aliphatic carboxylic acids is 1. The van der Waals surface area contributed by atoms with Crippen LogP contribution in [0.3, 0.4) is 0 Å². The van der Waals surface area contributed by atoms with Gasteiger partial charge in [0.25, 0.3) is 0 Å². The van der Waals surface area contributed by atoms with Crippen LogP contribution in [-0.2, 0) is 16.0 Å². The Balaban J connectivity index is 1.53. The van der Waals surface area contributed by atoms with Gasteiger partial charge >= 0.3 is 5.97 Å². The van der Waals surface area contributed by atoms with Crippen molar-refractivity contribution in [2.75, 3.05) is 6.54 Å². The summed E-state index contributed by atoms with van der Waals surface area (Å²) in [4.78, 5) is 24.1. The van der Waals surface area contributed by atoms with Crippen molar-refractivity contribution in [3.8, 4) is 0 Å². The number of rotatable bonds is 6. The largest absolute Gasteiger partial charge is 0.481 e. The lowest BCUT2D eigenvalue weighted by molar-refractivity contribution is -0.152. The summed E-state index contributed by atoms with van der Waals surface area (Å²) in [5, 5.41) is 12.4. The van der Waals surface area contributed by atoms with Gasteiger partial charge < -0.3 is 10.4 Å². The zero-order valence-corrected chi connectivity index (χ0v) is 13.2. The van der Waals surface area contributed by atoms with E-state index < -0.39 is 17.8 Å². The summed E-state index contributed by atoms with van der Waals surface area (Å²) in [6.07, 6.45) is 7.63. The lowest BCUT2D eigenvalue weighted by atomic mass is 9.62. The molecule has 1 fully saturated rings. The standard InChI is InChI=1S/C19H23NO3/c21-18(20-12-4-7-13-5-2-1-3-6-13)16-14-8-10-15(11-9-14)17(16)19(22)23/h1-3,5-6,8,10,14-17H,4,7,9,11-12H2,(H,20,21)(H,22,23)/t14-,15+,16+,17+/m1/s1. The molecule has 1 aromatic carbocycles. The molecular weight excluding hydrogens is 290 g/mol. The van der Waals surface area contributed by atoms with Gasteiger partial charge in [0.1, 0.15) is 0 Å². The van der Waals surface area contributed by atoms with Gasteiger partial charge in [0.15, 0.2) is 0 Å². The molecule has 0 aliphatic heterocycles. The normalized spacial score (nSPS) is 28.5. The first kappa shape index (κ1) is 15.8. The quantitative estimate of drug-likeness (QED) is 0.627. The number of carboxylic acids is 1. The third-order valence-corrected chi connectivity index (χ3v) is 5.12. The molecular formula is C19H23NO3. The zero-order chi connectivity index (χ0) is 16.2. The molecule has 4 atom stereocenters. The van der Waals surface area contributed by atoms with Crippen molar-refractivity contribution in [1.29, 1.82) is 0 Å². The van der Waals surface area contributed by atoms with Crippen LogP contribution in [-0.4, -0.2) is 23.5 Å². The monoisotopic (exact) mass is 313 g/mol. The second-order valence-corrected chi connectivity index (χ2v) is 6.56. The predicted octanol–water partition coefficient (Wildman–Crippen LogP) is 2.65. The smallest absolute Gasteiger partial charge is 0.307 e. The van der Waals surface area contributed by atoms with E-state index in [1.165, 1.54) is 5.56 Å². The Morgan fingerprint density at radius 3 is 2.30 bits per heavy atom. The Hall–Kier alpha value is -2.10. The van der Waals surface area contributed by atoms with Crippen molar-refractivity contribution >= 4 is 11.9 Å². The summed E-state index contributed by atoms with van der Waals surface area (Å²) >= 11 is 0. The first-order valence-corrected chi connectivity index (χ1v) is 8.39. The van der Waals surface area contributed by atoms with Gasteiger partial charge in [0.2, 0.25) is 5.91 Å². The molecule has 0 radical (unpaired) electrons. The Kier molecular flexibility index (Phi) is 4.79. The highest BCUT2D eigenvalue weighted by Gasteiger charge is 2.47. The number of nitrogens with one attached hydrogen (secondary N) is 1. The summed E-state index contributed by atoms with van der Waals surface area (Å²) < 4.78 is 0. The van der Waals surface area contributed by atoms with Crippen LogP contribution < -0.4 is 5.32 Å². The van der Waals surface area contributed by atoms with Gasteiger partial charge in [0, 0.05) is 6.54 Å². The lowest BCUT2D eigenvalue weighted by Gasteiger charge is -2.41. The van der Waals surface area contributed by atoms with Crippen LogP contribution in [0, 0.1) is 23.7 Å². The number of amides is 1. The molecule has 0 saturated heterocycles. The third kappa shape index (κ3) is 3.46. The molecule has 23 heavy (non-hydrogen) atoms. The van der Waals surface area contributed by atoms with Crippen molar-refractivity contribution in [2.24, 2.45) is 23.7 Å². The average molecular weight is 313 g/mol. The average Bonchev–Trinajstić information content (AvgIpc) is 2.59. The second kappa shape index (κ2) is 6.99. The Morgan fingerprint density at radius 2 is 1.70 bits per heavy atom. The number of allylic oxidation sites excluding steroid dienone is 2. The topological polar surface area (TPSA) is 66.4 Å². The predicted molar refractivity (Wildman–Crippen MR) is 87.7 cm³/mol. The number of aryl methyl sites for hydroxylation is 1. The van der Waals surface area contributed by atoms with Gasteiger partial charge in [-0.3, -0.25) is 9.59 Å². The maximum atomic E-state index is 12.5. The van der Waals surface area contributed by atoms with Crippen molar-refractivity contribution in [3.63, 3.8) is 0 Å². The van der Waals surface area contributed by atoms with Crippen molar-refractivity contribution in [2.45, 2.75) is 25.7 Å². The molecule has 2 bridgehead atoms. The Labute approximate surface area is 136 Å². The molecule has 4 nitrogen and oxygen atoms in total. The molecule has 2 N–H and O–H groups in total. The van der Waals surface area contributed by atoms with E-state index in [9.17, 15) is 14.7 Å². The van der Waals surface area contributed by atoms with Gasteiger partial charge in [-0.05, 0) is 43.1 Å². The molecule has 122 valence electrons. The van der Waals surface area contributed by atoms with Crippen LogP contribution in [0.1, 0.15) is 24.8 Å². The molecule has 1 amide bonds. The number of hydrogen-bond donors (Lipinski definition) is 2. The second-order valence-electron chi connectivity index (χ2n) is 6.56. The molecule has 1 saturated carbocycles. The van der Waals surface area contributed by atoms with Gasteiger partial charge in [-0.15, -0.1) is 0 Å². The minimum absolute atomic E-state index is 0.0116. The first-order valence-electron chi connectivity index (χ1n) is 8.39. The summed E-state index contributed by atoms with van der Waals surface area (Å²) in [5.41, 5.74) is 1.25. The van der Waals surface area contributed by atoms with E-state index >= 15 is 0 Å². The summed E-state index contributed by atoms with van der Waals surface area (Å²) in [7, 11) is 0. The molecule has 0 aromatic heterocycles. The van der Waals surface area contributed by atoms with Crippen LogP contribution in [0.25, 0.3) is 0 Å². The summed E-state index contributed by atoms with van der Waals surface area (Å²) in [5.74, 6) is -1.81. The Bertz CT molecular complexity index is 596. The third-order valence-electron chi connectivity index (χ3n) is 5.12. The van der Waals surface area contributed by atoms with E-state index in [4.69, 9.17) is 0 Å². The number of carboxylic acid groups (broad SMARTS) is 1. The van der Waals surface area contributed by atoms with E-state index in [-0.39, 0.29) is 17.7 Å². The highest BCUT2D eigenvalue weighted by molar-refractivity contribution is 5.86. The highest BCUT2D eigenvalue weighted by Crippen LogP contribution is 2.45. The van der Waals surface area contributed by atoms with E-state index in [0.717, 1.165) is 25.7 Å². The van der Waals surface area contributed by atoms with E-state index in [0.29, 0.717) is 6.54 Å². The van der Waals surface area contributed by atoms with Crippen LogP contribution in [0.5, 0.6) is 0 Å². The van der Waals surface area contributed by atoms with Crippen LogP contribution in [0.2, 0.25) is 0 Å². The molecule has 0 heterocycles. The zero-order valence-electron chi connectivity index (χ0n) is 13.2. The molecule has 4 rings (SSSR count).